The van der Waals surface area contributed by atoms with Crippen LogP contribution in [-0.4, -0.2) is 35.6 Å². The van der Waals surface area contributed by atoms with Gasteiger partial charge in [-0.3, -0.25) is 9.59 Å². The van der Waals surface area contributed by atoms with Gasteiger partial charge in [0.1, 0.15) is 6.04 Å². The van der Waals surface area contributed by atoms with E-state index in [-0.39, 0.29) is 11.8 Å². The van der Waals surface area contributed by atoms with Crippen LogP contribution in [0.25, 0.3) is 0 Å². The van der Waals surface area contributed by atoms with Crippen molar-refractivity contribution in [2.24, 2.45) is 0 Å². The largest absolute Gasteiger partial charge is 0.357 e. The first-order valence-corrected chi connectivity index (χ1v) is 12.4. The molecule has 1 N–H and O–H groups in total. The fraction of sp³-hybridized carbons (Fsp3) is 0.286. The Balaban J connectivity index is 1.78. The van der Waals surface area contributed by atoms with Crippen molar-refractivity contribution in [2.45, 2.75) is 38.6 Å². The monoisotopic (exact) mass is 460 g/mol. The number of rotatable bonds is 10. The first-order valence-electron chi connectivity index (χ1n) is 11.2. The van der Waals surface area contributed by atoms with Crippen LogP contribution in [0.15, 0.2) is 78.9 Å². The van der Waals surface area contributed by atoms with Crippen LogP contribution in [0.2, 0.25) is 0 Å². The lowest BCUT2D eigenvalue weighted by Crippen LogP contribution is -2.50. The van der Waals surface area contributed by atoms with Gasteiger partial charge in [-0.05, 0) is 30.5 Å². The molecule has 3 aromatic carbocycles. The first kappa shape index (κ1) is 24.6. The number of carbonyl (C=O) groups is 2. The Morgan fingerprint density at radius 2 is 1.42 bits per heavy atom. The number of benzene rings is 3. The molecule has 5 heteroatoms. The average Bonchev–Trinajstić information content (AvgIpc) is 2.81. The van der Waals surface area contributed by atoms with Crippen molar-refractivity contribution in [1.29, 1.82) is 0 Å². The average molecular weight is 461 g/mol. The highest BCUT2D eigenvalue weighted by Crippen LogP contribution is 2.19. The summed E-state index contributed by atoms with van der Waals surface area (Å²) in [5.74, 6) is 0.902. The van der Waals surface area contributed by atoms with Gasteiger partial charge in [-0.25, -0.2) is 0 Å². The molecule has 2 amide bonds. The number of nitrogens with zero attached hydrogens (tertiary/aromatic N) is 1. The summed E-state index contributed by atoms with van der Waals surface area (Å²) >= 11 is 1.59. The SMILES string of the molecule is CNC(=O)[C@@H](Cc1ccccc1)N(Cc1ccccc1)C(=O)CSCc1cc(C)cc(C)c1. The van der Waals surface area contributed by atoms with Crippen LogP contribution < -0.4 is 5.32 Å². The highest BCUT2D eigenvalue weighted by atomic mass is 32.2. The lowest BCUT2D eigenvalue weighted by molar-refractivity contribution is -0.139. The quantitative estimate of drug-likeness (QED) is 0.467. The van der Waals surface area contributed by atoms with Crippen molar-refractivity contribution >= 4 is 23.6 Å². The van der Waals surface area contributed by atoms with Crippen LogP contribution in [0, 0.1) is 13.8 Å². The molecule has 0 aliphatic carbocycles. The van der Waals surface area contributed by atoms with E-state index in [1.165, 1.54) is 16.7 Å². The van der Waals surface area contributed by atoms with Crippen molar-refractivity contribution in [3.63, 3.8) is 0 Å². The van der Waals surface area contributed by atoms with Gasteiger partial charge in [-0.15, -0.1) is 11.8 Å². The molecule has 0 unspecified atom stereocenters. The van der Waals surface area contributed by atoms with E-state index < -0.39 is 6.04 Å². The van der Waals surface area contributed by atoms with Gasteiger partial charge in [0.25, 0.3) is 0 Å². The van der Waals surface area contributed by atoms with Crippen LogP contribution >= 0.6 is 11.8 Å². The Hall–Kier alpha value is -3.05. The fourth-order valence-electron chi connectivity index (χ4n) is 3.99. The maximum Gasteiger partial charge on any atom is 0.242 e. The minimum absolute atomic E-state index is 0.0299. The summed E-state index contributed by atoms with van der Waals surface area (Å²) < 4.78 is 0. The molecular formula is C28H32N2O2S. The second kappa shape index (κ2) is 12.3. The smallest absolute Gasteiger partial charge is 0.242 e. The molecule has 0 saturated carbocycles. The van der Waals surface area contributed by atoms with Gasteiger partial charge in [0.15, 0.2) is 0 Å². The molecule has 172 valence electrons. The molecule has 0 heterocycles. The molecule has 0 bridgehead atoms. The minimum atomic E-state index is -0.577. The van der Waals surface area contributed by atoms with Gasteiger partial charge in [0, 0.05) is 25.8 Å². The molecule has 0 aliphatic heterocycles. The first-order chi connectivity index (χ1) is 16.0. The van der Waals surface area contributed by atoms with E-state index in [2.05, 4.69) is 37.4 Å². The lowest BCUT2D eigenvalue weighted by Gasteiger charge is -2.31. The highest BCUT2D eigenvalue weighted by Gasteiger charge is 2.29. The minimum Gasteiger partial charge on any atom is -0.357 e. The topological polar surface area (TPSA) is 49.4 Å². The second-order valence-electron chi connectivity index (χ2n) is 8.32. The van der Waals surface area contributed by atoms with E-state index in [1.807, 2.05) is 60.7 Å². The Morgan fingerprint density at radius 1 is 0.848 bits per heavy atom. The molecule has 0 aromatic heterocycles. The van der Waals surface area contributed by atoms with Crippen molar-refractivity contribution in [2.75, 3.05) is 12.8 Å². The summed E-state index contributed by atoms with van der Waals surface area (Å²) in [6.07, 6.45) is 0.473. The zero-order valence-electron chi connectivity index (χ0n) is 19.6. The number of nitrogens with one attached hydrogen (secondary N) is 1. The molecule has 1 atom stereocenters. The molecule has 0 fully saturated rings. The van der Waals surface area contributed by atoms with E-state index >= 15 is 0 Å². The fourth-order valence-corrected chi connectivity index (χ4v) is 4.84. The van der Waals surface area contributed by atoms with Gasteiger partial charge in [-0.1, -0.05) is 90.0 Å². The standard InChI is InChI=1S/C28H32N2O2S/c1-21-14-22(2)16-25(15-21)19-33-20-27(31)30(18-24-12-8-5-9-13-24)26(28(32)29-3)17-23-10-6-4-7-11-23/h4-16,26H,17-20H2,1-3H3,(H,29,32)/t26-/m1/s1. The molecule has 0 saturated heterocycles. The third kappa shape index (κ3) is 7.50. The molecule has 0 spiro atoms. The summed E-state index contributed by atoms with van der Waals surface area (Å²) in [6.45, 7) is 4.58. The Labute approximate surface area is 201 Å². The van der Waals surface area contributed by atoms with Crippen LogP contribution in [0.1, 0.15) is 27.8 Å². The van der Waals surface area contributed by atoms with E-state index in [4.69, 9.17) is 0 Å². The Bertz CT molecular complexity index is 1030. The number of carbonyl (C=O) groups excluding carboxylic acids is 2. The summed E-state index contributed by atoms with van der Waals surface area (Å²) in [5.41, 5.74) is 5.70. The predicted octanol–water partition coefficient (Wildman–Crippen LogP) is 4.92. The van der Waals surface area contributed by atoms with E-state index in [1.54, 1.807) is 23.7 Å². The van der Waals surface area contributed by atoms with Gasteiger partial charge >= 0.3 is 0 Å². The molecule has 3 rings (SSSR count). The van der Waals surface area contributed by atoms with Gasteiger partial charge in [0.2, 0.25) is 11.8 Å². The van der Waals surface area contributed by atoms with Crippen molar-refractivity contribution in [3.8, 4) is 0 Å². The number of hydrogen-bond donors (Lipinski definition) is 1. The van der Waals surface area contributed by atoms with Gasteiger partial charge < -0.3 is 10.2 Å². The summed E-state index contributed by atoms with van der Waals surface area (Å²) in [5, 5.41) is 2.76. The molecule has 0 radical (unpaired) electrons. The highest BCUT2D eigenvalue weighted by molar-refractivity contribution is 7.99. The van der Waals surface area contributed by atoms with E-state index in [9.17, 15) is 9.59 Å². The van der Waals surface area contributed by atoms with Crippen molar-refractivity contribution in [1.82, 2.24) is 10.2 Å². The zero-order chi connectivity index (χ0) is 23.6. The third-order valence-corrected chi connectivity index (χ3v) is 6.48. The van der Waals surface area contributed by atoms with Crippen LogP contribution in [0.3, 0.4) is 0 Å². The summed E-state index contributed by atoms with van der Waals surface area (Å²) in [4.78, 5) is 28.1. The number of amides is 2. The third-order valence-electron chi connectivity index (χ3n) is 5.49. The van der Waals surface area contributed by atoms with Crippen LogP contribution in [0.4, 0.5) is 0 Å². The van der Waals surface area contributed by atoms with Gasteiger partial charge in [0.05, 0.1) is 5.75 Å². The number of hydrogen-bond acceptors (Lipinski definition) is 3. The maximum absolute atomic E-state index is 13.4. The second-order valence-corrected chi connectivity index (χ2v) is 9.30. The Morgan fingerprint density at radius 3 is 2.00 bits per heavy atom. The molecular weight excluding hydrogens is 428 g/mol. The van der Waals surface area contributed by atoms with Crippen molar-refractivity contribution < 1.29 is 9.59 Å². The molecule has 3 aromatic rings. The van der Waals surface area contributed by atoms with E-state index in [0.29, 0.717) is 18.7 Å². The number of aryl methyl sites for hydroxylation is 2. The van der Waals surface area contributed by atoms with Crippen molar-refractivity contribution in [3.05, 3.63) is 107 Å². The number of likely N-dealkylation sites (N-methyl/N-ethyl adjacent to an activating group) is 1. The lowest BCUT2D eigenvalue weighted by atomic mass is 10.0. The van der Waals surface area contributed by atoms with Crippen LogP contribution in [0.5, 0.6) is 0 Å². The number of thioether (sulfide) groups is 1. The predicted molar refractivity (Wildman–Crippen MR) is 137 cm³/mol. The molecule has 0 aliphatic rings. The summed E-state index contributed by atoms with van der Waals surface area (Å²) in [6, 6.07) is 25.6. The van der Waals surface area contributed by atoms with Crippen LogP contribution in [-0.2, 0) is 28.3 Å². The molecule has 33 heavy (non-hydrogen) atoms. The Kier molecular flexibility index (Phi) is 9.14. The zero-order valence-corrected chi connectivity index (χ0v) is 20.4. The normalized spacial score (nSPS) is 11.6. The molecule has 4 nitrogen and oxygen atoms in total. The maximum atomic E-state index is 13.4. The van der Waals surface area contributed by atoms with Gasteiger partial charge in [-0.2, -0.15) is 0 Å². The van der Waals surface area contributed by atoms with E-state index in [0.717, 1.165) is 16.9 Å². The summed E-state index contributed by atoms with van der Waals surface area (Å²) in [7, 11) is 1.63.